The number of hydrogen-bond acceptors (Lipinski definition) is 3. The molecule has 1 saturated heterocycles. The Balaban J connectivity index is 2.25. The van der Waals surface area contributed by atoms with E-state index in [1.807, 2.05) is 0 Å². The van der Waals surface area contributed by atoms with Gasteiger partial charge in [-0.15, -0.1) is 0 Å². The molecule has 0 saturated carbocycles. The van der Waals surface area contributed by atoms with Gasteiger partial charge in [-0.3, -0.25) is 4.18 Å². The van der Waals surface area contributed by atoms with E-state index in [0.717, 1.165) is 31.4 Å². The maximum atomic E-state index is 12.0. The molecule has 4 nitrogen and oxygen atoms in total. The van der Waals surface area contributed by atoms with Gasteiger partial charge in [0.2, 0.25) is 0 Å². The molecule has 1 unspecified atom stereocenters. The Morgan fingerprint density at radius 2 is 2.00 bits per heavy atom. The third-order valence-electron chi connectivity index (χ3n) is 3.89. The van der Waals surface area contributed by atoms with Crippen molar-refractivity contribution in [1.29, 1.82) is 0 Å². The zero-order chi connectivity index (χ0) is 14.3. The van der Waals surface area contributed by atoms with Crippen molar-refractivity contribution in [3.8, 4) is 0 Å². The molecule has 1 fully saturated rings. The second-order valence-corrected chi connectivity index (χ2v) is 13.0. The predicted octanol–water partition coefficient (Wildman–Crippen LogP) is 3.05. The van der Waals surface area contributed by atoms with Crippen LogP contribution >= 0.6 is 0 Å². The Kier molecular flexibility index (Phi) is 4.14. The van der Waals surface area contributed by atoms with E-state index >= 15 is 0 Å². The molecule has 1 atom stereocenters. The Hall–Kier alpha value is -0.333. The first-order valence-corrected chi connectivity index (χ1v) is 12.1. The fourth-order valence-corrected chi connectivity index (χ4v) is 6.20. The van der Waals surface area contributed by atoms with Gasteiger partial charge >= 0.3 is 10.3 Å². The Morgan fingerprint density at radius 1 is 1.32 bits per heavy atom. The fourth-order valence-electron chi connectivity index (χ4n) is 2.86. The molecule has 2 heterocycles. The minimum atomic E-state index is -3.51. The van der Waals surface area contributed by atoms with Crippen LogP contribution in [0.2, 0.25) is 19.6 Å². The zero-order valence-electron chi connectivity index (χ0n) is 12.4. The maximum absolute atomic E-state index is 12.0. The Bertz CT molecular complexity index is 479. The van der Waals surface area contributed by atoms with E-state index in [1.165, 1.54) is 11.6 Å². The summed E-state index contributed by atoms with van der Waals surface area (Å²) in [6.07, 6.45) is 5.15. The van der Waals surface area contributed by atoms with Gasteiger partial charge < -0.3 is 0 Å². The molecule has 0 bridgehead atoms. The summed E-state index contributed by atoms with van der Waals surface area (Å²) in [5, 5.41) is 1.38. The molecule has 0 amide bonds. The molecule has 110 valence electrons. The summed E-state index contributed by atoms with van der Waals surface area (Å²) in [6, 6.07) is 0.0959. The summed E-state index contributed by atoms with van der Waals surface area (Å²) >= 11 is 0. The molecule has 0 spiro atoms. The number of rotatable bonds is 5. The topological polar surface area (TPSA) is 46.4 Å². The van der Waals surface area contributed by atoms with Crippen LogP contribution < -0.4 is 0 Å². The first-order chi connectivity index (χ1) is 8.79. The van der Waals surface area contributed by atoms with Crippen LogP contribution in [0.1, 0.15) is 39.0 Å². The van der Waals surface area contributed by atoms with E-state index < -0.39 is 18.4 Å². The molecule has 0 aliphatic carbocycles. The highest BCUT2D eigenvalue weighted by Gasteiger charge is 2.53. The van der Waals surface area contributed by atoms with Gasteiger partial charge in [0, 0.05) is 0 Å². The standard InChI is InChI=1S/C13H25NO3SSi/c1-5-6-7-8-11-13-12(19(2,3)4)9-10-17-18(15,16)14(11)13/h11H,5-10H2,1-4H3. The van der Waals surface area contributed by atoms with Gasteiger partial charge in [-0.25, -0.2) is 4.31 Å². The van der Waals surface area contributed by atoms with Crippen molar-refractivity contribution in [2.75, 3.05) is 6.61 Å². The van der Waals surface area contributed by atoms with Gasteiger partial charge in [-0.2, -0.15) is 8.42 Å². The highest BCUT2D eigenvalue weighted by Crippen LogP contribution is 2.47. The molecule has 2 aliphatic rings. The number of unbranched alkanes of at least 4 members (excludes halogenated alkanes) is 2. The van der Waals surface area contributed by atoms with Crippen molar-refractivity contribution in [3.05, 3.63) is 10.9 Å². The van der Waals surface area contributed by atoms with Gasteiger partial charge in [0.05, 0.1) is 26.4 Å². The zero-order valence-corrected chi connectivity index (χ0v) is 14.2. The number of hydrogen-bond donors (Lipinski definition) is 0. The van der Waals surface area contributed by atoms with Crippen LogP contribution in [0, 0.1) is 0 Å². The smallest absolute Gasteiger partial charge is 0.253 e. The van der Waals surface area contributed by atoms with E-state index in [4.69, 9.17) is 4.18 Å². The van der Waals surface area contributed by atoms with Gasteiger partial charge in [0.25, 0.3) is 0 Å². The summed E-state index contributed by atoms with van der Waals surface area (Å²) in [5.74, 6) is 0. The molecule has 0 radical (unpaired) electrons. The Labute approximate surface area is 118 Å². The van der Waals surface area contributed by atoms with Crippen molar-refractivity contribution in [2.45, 2.75) is 64.7 Å². The van der Waals surface area contributed by atoms with Crippen molar-refractivity contribution in [2.24, 2.45) is 0 Å². The summed E-state index contributed by atoms with van der Waals surface area (Å²) < 4.78 is 30.7. The average molecular weight is 304 g/mol. The molecule has 0 aromatic carbocycles. The first kappa shape index (κ1) is 15.1. The van der Waals surface area contributed by atoms with E-state index in [2.05, 4.69) is 26.6 Å². The van der Waals surface area contributed by atoms with Crippen molar-refractivity contribution in [3.63, 3.8) is 0 Å². The van der Waals surface area contributed by atoms with E-state index in [0.29, 0.717) is 6.61 Å². The summed E-state index contributed by atoms with van der Waals surface area (Å²) in [4.78, 5) is 0. The summed E-state index contributed by atoms with van der Waals surface area (Å²) in [6.45, 7) is 9.33. The third-order valence-corrected chi connectivity index (χ3v) is 7.60. The van der Waals surface area contributed by atoms with Gasteiger partial charge in [0.1, 0.15) is 0 Å². The van der Waals surface area contributed by atoms with Crippen LogP contribution in [0.15, 0.2) is 10.9 Å². The van der Waals surface area contributed by atoms with Crippen LogP contribution in [-0.4, -0.2) is 33.4 Å². The quantitative estimate of drug-likeness (QED) is 0.445. The lowest BCUT2D eigenvalue weighted by atomic mass is 10.1. The first-order valence-electron chi connectivity index (χ1n) is 7.21. The molecule has 2 rings (SSSR count). The van der Waals surface area contributed by atoms with Crippen LogP contribution in [-0.2, 0) is 14.5 Å². The van der Waals surface area contributed by atoms with Crippen LogP contribution in [0.25, 0.3) is 0 Å². The number of fused-ring (bicyclic) bond motifs is 1. The van der Waals surface area contributed by atoms with Crippen LogP contribution in [0.4, 0.5) is 0 Å². The minimum Gasteiger partial charge on any atom is -0.253 e. The average Bonchev–Trinajstić information content (AvgIpc) is 2.99. The van der Waals surface area contributed by atoms with E-state index in [-0.39, 0.29) is 6.04 Å². The second-order valence-electron chi connectivity index (χ2n) is 6.45. The SMILES string of the molecule is CCCCCC1C2=C([Si](C)(C)C)CCOS(=O)(=O)N21. The lowest BCUT2D eigenvalue weighted by Crippen LogP contribution is -2.25. The highest BCUT2D eigenvalue weighted by molar-refractivity contribution is 7.84. The van der Waals surface area contributed by atoms with Crippen molar-refractivity contribution >= 4 is 18.4 Å². The second kappa shape index (κ2) is 5.22. The molecule has 2 aliphatic heterocycles. The largest absolute Gasteiger partial charge is 0.362 e. The molecular weight excluding hydrogens is 278 g/mol. The molecule has 6 heteroatoms. The summed E-state index contributed by atoms with van der Waals surface area (Å²) in [5.41, 5.74) is 1.08. The van der Waals surface area contributed by atoms with E-state index in [1.54, 1.807) is 4.31 Å². The van der Waals surface area contributed by atoms with Crippen LogP contribution in [0.5, 0.6) is 0 Å². The summed E-state index contributed by atoms with van der Waals surface area (Å²) in [7, 11) is -4.97. The van der Waals surface area contributed by atoms with E-state index in [9.17, 15) is 8.42 Å². The normalized spacial score (nSPS) is 26.1. The van der Waals surface area contributed by atoms with Crippen LogP contribution in [0.3, 0.4) is 0 Å². The fraction of sp³-hybridized carbons (Fsp3) is 0.846. The monoisotopic (exact) mass is 303 g/mol. The Morgan fingerprint density at radius 3 is 2.58 bits per heavy atom. The van der Waals surface area contributed by atoms with Crippen molar-refractivity contribution in [1.82, 2.24) is 4.31 Å². The van der Waals surface area contributed by atoms with Gasteiger partial charge in [-0.1, -0.05) is 51.0 Å². The molecule has 0 aromatic heterocycles. The molecule has 0 aromatic rings. The minimum absolute atomic E-state index is 0.0959. The third kappa shape index (κ3) is 3.06. The molecule has 0 N–H and O–H groups in total. The lowest BCUT2D eigenvalue weighted by Gasteiger charge is -2.19. The highest BCUT2D eigenvalue weighted by atomic mass is 32.2. The molecule has 19 heavy (non-hydrogen) atoms. The lowest BCUT2D eigenvalue weighted by molar-refractivity contribution is 0.307. The van der Waals surface area contributed by atoms with Gasteiger partial charge in [-0.05, 0) is 12.8 Å². The van der Waals surface area contributed by atoms with Crippen molar-refractivity contribution < 1.29 is 12.6 Å². The van der Waals surface area contributed by atoms with Gasteiger partial charge in [0.15, 0.2) is 0 Å². The predicted molar refractivity (Wildman–Crippen MR) is 79.6 cm³/mol. The maximum Gasteiger partial charge on any atom is 0.362 e. The number of nitrogens with zero attached hydrogens (tertiary/aromatic N) is 1. The molecular formula is C13H25NO3SSi.